The Morgan fingerprint density at radius 2 is 2.14 bits per heavy atom. The first kappa shape index (κ1) is 18.5. The Bertz CT molecular complexity index is 1200. The maximum atomic E-state index is 12.4. The van der Waals surface area contributed by atoms with Gasteiger partial charge in [-0.05, 0) is 43.3 Å². The fourth-order valence-corrected chi connectivity index (χ4v) is 3.51. The van der Waals surface area contributed by atoms with E-state index in [2.05, 4.69) is 21.6 Å². The van der Waals surface area contributed by atoms with Gasteiger partial charge >= 0.3 is 0 Å². The van der Waals surface area contributed by atoms with Gasteiger partial charge in [0.15, 0.2) is 11.6 Å². The molecule has 0 spiro atoms. The van der Waals surface area contributed by atoms with Gasteiger partial charge in [-0.2, -0.15) is 10.4 Å². The minimum Gasteiger partial charge on any atom is -0.484 e. The number of thiophene rings is 1. The molecular formula is C21H16N4O3S. The van der Waals surface area contributed by atoms with Crippen molar-refractivity contribution in [2.45, 2.75) is 13.5 Å². The lowest BCUT2D eigenvalue weighted by atomic mass is 10.2. The van der Waals surface area contributed by atoms with Crippen molar-refractivity contribution in [3.05, 3.63) is 76.6 Å². The Kier molecular flexibility index (Phi) is 5.14. The number of para-hydroxylation sites is 1. The Labute approximate surface area is 170 Å². The molecule has 0 aliphatic rings. The van der Waals surface area contributed by atoms with E-state index >= 15 is 0 Å². The van der Waals surface area contributed by atoms with Crippen molar-refractivity contribution >= 4 is 23.1 Å². The molecule has 4 aromatic rings. The van der Waals surface area contributed by atoms with Gasteiger partial charge < -0.3 is 14.5 Å². The largest absolute Gasteiger partial charge is 0.484 e. The summed E-state index contributed by atoms with van der Waals surface area (Å²) < 4.78 is 11.2. The van der Waals surface area contributed by atoms with Gasteiger partial charge in [0.2, 0.25) is 0 Å². The second kappa shape index (κ2) is 8.04. The van der Waals surface area contributed by atoms with Gasteiger partial charge in [0.05, 0.1) is 16.1 Å². The summed E-state index contributed by atoms with van der Waals surface area (Å²) in [5.41, 5.74) is 1.27. The molecule has 2 N–H and O–H groups in total. The number of amides is 1. The van der Waals surface area contributed by atoms with Crippen LogP contribution in [0.5, 0.6) is 5.75 Å². The minimum atomic E-state index is -0.408. The summed E-state index contributed by atoms with van der Waals surface area (Å²) in [4.78, 5) is 14.7. The van der Waals surface area contributed by atoms with Crippen LogP contribution in [0.2, 0.25) is 0 Å². The van der Waals surface area contributed by atoms with E-state index in [-0.39, 0.29) is 12.4 Å². The van der Waals surface area contributed by atoms with Crippen molar-refractivity contribution in [3.63, 3.8) is 0 Å². The summed E-state index contributed by atoms with van der Waals surface area (Å²) in [5, 5.41) is 18.8. The Morgan fingerprint density at radius 1 is 1.28 bits per heavy atom. The lowest BCUT2D eigenvalue weighted by molar-refractivity contribution is 0.0992. The minimum absolute atomic E-state index is 0.107. The van der Waals surface area contributed by atoms with Crippen LogP contribution in [0.25, 0.3) is 10.6 Å². The van der Waals surface area contributed by atoms with Crippen molar-refractivity contribution in [3.8, 4) is 22.4 Å². The van der Waals surface area contributed by atoms with Crippen LogP contribution in [-0.4, -0.2) is 16.1 Å². The van der Waals surface area contributed by atoms with Crippen LogP contribution in [0, 0.1) is 18.3 Å². The number of aromatic nitrogens is 2. The molecule has 29 heavy (non-hydrogen) atoms. The van der Waals surface area contributed by atoms with Crippen LogP contribution >= 0.6 is 11.3 Å². The molecule has 0 aliphatic carbocycles. The van der Waals surface area contributed by atoms with Gasteiger partial charge in [-0.15, -0.1) is 11.3 Å². The van der Waals surface area contributed by atoms with Crippen LogP contribution < -0.4 is 10.1 Å². The second-order valence-electron chi connectivity index (χ2n) is 6.19. The molecule has 144 valence electrons. The van der Waals surface area contributed by atoms with Crippen molar-refractivity contribution in [1.82, 2.24) is 10.2 Å². The van der Waals surface area contributed by atoms with Gasteiger partial charge in [0, 0.05) is 10.9 Å². The van der Waals surface area contributed by atoms with Gasteiger partial charge in [-0.25, -0.2) is 0 Å². The molecule has 3 heterocycles. The molecule has 4 rings (SSSR count). The van der Waals surface area contributed by atoms with E-state index in [0.29, 0.717) is 22.9 Å². The van der Waals surface area contributed by atoms with Crippen molar-refractivity contribution in [1.29, 1.82) is 5.26 Å². The fraction of sp³-hybridized carbons (Fsp3) is 0.0952. The number of rotatable bonds is 6. The standard InChI is InChI=1S/C21H16N4O3S/c1-13-6-9-19(29-13)16-10-20(25-24-16)23-21(26)18-8-7-15(28-18)12-27-17-5-3-2-4-14(17)11-22/h2-10H,12H2,1H3,(H2,23,24,25,26). The molecule has 8 heteroatoms. The molecule has 0 aliphatic heterocycles. The van der Waals surface area contributed by atoms with Gasteiger partial charge in [0.25, 0.3) is 5.91 Å². The van der Waals surface area contributed by atoms with Crippen molar-refractivity contribution < 1.29 is 13.9 Å². The summed E-state index contributed by atoms with van der Waals surface area (Å²) >= 11 is 1.64. The number of hydrogen-bond donors (Lipinski definition) is 2. The number of nitrogens with zero attached hydrogens (tertiary/aromatic N) is 2. The van der Waals surface area contributed by atoms with E-state index in [1.165, 1.54) is 4.88 Å². The molecule has 3 aromatic heterocycles. The topological polar surface area (TPSA) is 104 Å². The van der Waals surface area contributed by atoms with E-state index < -0.39 is 5.91 Å². The van der Waals surface area contributed by atoms with Crippen LogP contribution in [0.1, 0.15) is 26.8 Å². The first-order valence-electron chi connectivity index (χ1n) is 8.76. The first-order valence-corrected chi connectivity index (χ1v) is 9.58. The van der Waals surface area contributed by atoms with Gasteiger partial charge in [-0.3, -0.25) is 9.89 Å². The third-order valence-corrected chi connectivity index (χ3v) is 5.12. The monoisotopic (exact) mass is 404 g/mol. The average molecular weight is 404 g/mol. The molecule has 0 saturated carbocycles. The quantitative estimate of drug-likeness (QED) is 0.483. The number of nitriles is 1. The van der Waals surface area contributed by atoms with Crippen LogP contribution in [0.3, 0.4) is 0 Å². The normalized spacial score (nSPS) is 10.5. The number of H-pyrrole nitrogens is 1. The number of aryl methyl sites for hydroxylation is 1. The number of furan rings is 1. The number of nitrogens with one attached hydrogen (secondary N) is 2. The Hall–Kier alpha value is -3.83. The number of carbonyl (C=O) groups excluding carboxylic acids is 1. The average Bonchev–Trinajstić information content (AvgIpc) is 3.47. The number of carbonyl (C=O) groups is 1. The lowest BCUT2D eigenvalue weighted by Crippen LogP contribution is -2.11. The van der Waals surface area contributed by atoms with E-state index in [4.69, 9.17) is 14.4 Å². The number of aromatic amines is 1. The molecule has 1 aromatic carbocycles. The summed E-state index contributed by atoms with van der Waals surface area (Å²) in [6.45, 7) is 2.14. The smallest absolute Gasteiger partial charge is 0.292 e. The third kappa shape index (κ3) is 4.20. The number of ether oxygens (including phenoxy) is 1. The molecular weight excluding hydrogens is 388 g/mol. The number of anilines is 1. The SMILES string of the molecule is Cc1ccc(-c2cc(NC(=O)c3ccc(COc4ccccc4C#N)o3)n[nH]2)s1. The zero-order chi connectivity index (χ0) is 20.2. The highest BCUT2D eigenvalue weighted by Gasteiger charge is 2.14. The maximum Gasteiger partial charge on any atom is 0.292 e. The number of benzene rings is 1. The Balaban J connectivity index is 1.39. The zero-order valence-corrected chi connectivity index (χ0v) is 16.2. The van der Waals surface area contributed by atoms with Gasteiger partial charge in [-0.1, -0.05) is 12.1 Å². The van der Waals surface area contributed by atoms with Crippen molar-refractivity contribution in [2.75, 3.05) is 5.32 Å². The molecule has 1 amide bonds. The molecule has 7 nitrogen and oxygen atoms in total. The molecule has 0 bridgehead atoms. The summed E-state index contributed by atoms with van der Waals surface area (Å²) in [7, 11) is 0. The molecule has 0 atom stereocenters. The third-order valence-electron chi connectivity index (χ3n) is 4.09. The van der Waals surface area contributed by atoms with Crippen LogP contribution in [0.4, 0.5) is 5.82 Å². The highest BCUT2D eigenvalue weighted by Crippen LogP contribution is 2.27. The van der Waals surface area contributed by atoms with E-state index in [1.54, 1.807) is 53.8 Å². The zero-order valence-electron chi connectivity index (χ0n) is 15.4. The lowest BCUT2D eigenvalue weighted by Gasteiger charge is -2.05. The summed E-state index contributed by atoms with van der Waals surface area (Å²) in [5.74, 6) is 1.08. The maximum absolute atomic E-state index is 12.4. The number of hydrogen-bond acceptors (Lipinski definition) is 6. The summed E-state index contributed by atoms with van der Waals surface area (Å²) in [6.07, 6.45) is 0. The fourth-order valence-electron chi connectivity index (χ4n) is 2.68. The van der Waals surface area contributed by atoms with Crippen molar-refractivity contribution in [2.24, 2.45) is 0 Å². The van der Waals surface area contributed by atoms with Gasteiger partial charge in [0.1, 0.15) is 24.2 Å². The van der Waals surface area contributed by atoms with Crippen LogP contribution in [0.15, 0.2) is 59.0 Å². The molecule has 0 saturated heterocycles. The van der Waals surface area contributed by atoms with E-state index in [1.807, 2.05) is 19.1 Å². The second-order valence-corrected chi connectivity index (χ2v) is 7.48. The van der Waals surface area contributed by atoms with E-state index in [9.17, 15) is 4.79 Å². The first-order chi connectivity index (χ1) is 14.1. The predicted octanol–water partition coefficient (Wildman–Crippen LogP) is 4.74. The molecule has 0 radical (unpaired) electrons. The van der Waals surface area contributed by atoms with Crippen LogP contribution in [-0.2, 0) is 6.61 Å². The highest BCUT2D eigenvalue weighted by molar-refractivity contribution is 7.15. The molecule has 0 unspecified atom stereocenters. The molecule has 0 fully saturated rings. The van der Waals surface area contributed by atoms with E-state index in [0.717, 1.165) is 10.6 Å². The summed E-state index contributed by atoms with van der Waals surface area (Å²) in [6, 6.07) is 18.0. The highest BCUT2D eigenvalue weighted by atomic mass is 32.1. The predicted molar refractivity (Wildman–Crippen MR) is 109 cm³/mol. The Morgan fingerprint density at radius 3 is 2.93 bits per heavy atom.